The molecule has 2 heteroatoms. The third-order valence-electron chi connectivity index (χ3n) is 3.95. The van der Waals surface area contributed by atoms with Gasteiger partial charge in [0.05, 0.1) is 0 Å². The Morgan fingerprint density at radius 1 is 1.14 bits per heavy atom. The quantitative estimate of drug-likeness (QED) is 0.729. The number of allylic oxidation sites excluding steroid dienone is 4. The Morgan fingerprint density at radius 3 is 2.55 bits per heavy atom. The zero-order valence-corrected chi connectivity index (χ0v) is 12.4. The van der Waals surface area contributed by atoms with Crippen molar-refractivity contribution in [2.24, 2.45) is 0 Å². The SMILES string of the molecule is Cc1ccc(C2C=CC(C(=O)c3ccccc3)=CC2)c(F)c1. The van der Waals surface area contributed by atoms with E-state index < -0.39 is 0 Å². The highest BCUT2D eigenvalue weighted by molar-refractivity contribution is 6.10. The molecule has 22 heavy (non-hydrogen) atoms. The minimum Gasteiger partial charge on any atom is -0.289 e. The minimum atomic E-state index is -0.180. The molecule has 1 aliphatic rings. The first kappa shape index (κ1) is 14.5. The molecule has 0 aromatic heterocycles. The van der Waals surface area contributed by atoms with Gasteiger partial charge < -0.3 is 0 Å². The number of ketones is 1. The largest absolute Gasteiger partial charge is 0.289 e. The summed E-state index contributed by atoms with van der Waals surface area (Å²) in [5.74, 6) is -0.173. The third-order valence-corrected chi connectivity index (χ3v) is 3.95. The van der Waals surface area contributed by atoms with E-state index in [-0.39, 0.29) is 17.5 Å². The number of carbonyl (C=O) groups excluding carboxylic acids is 1. The van der Waals surface area contributed by atoms with Crippen LogP contribution in [0.25, 0.3) is 0 Å². The summed E-state index contributed by atoms with van der Waals surface area (Å²) in [5, 5.41) is 0. The topological polar surface area (TPSA) is 17.1 Å². The van der Waals surface area contributed by atoms with Crippen LogP contribution in [0.4, 0.5) is 4.39 Å². The molecule has 0 spiro atoms. The van der Waals surface area contributed by atoms with Crippen molar-refractivity contribution in [3.8, 4) is 0 Å². The van der Waals surface area contributed by atoms with E-state index in [0.29, 0.717) is 23.1 Å². The summed E-state index contributed by atoms with van der Waals surface area (Å²) in [6.45, 7) is 1.88. The standard InChI is InChI=1S/C20H17FO/c1-14-7-12-18(19(21)13-14)15-8-10-17(11-9-15)20(22)16-5-3-2-4-6-16/h2-8,10-13,15H,9H2,1H3. The van der Waals surface area contributed by atoms with Crippen LogP contribution in [0.5, 0.6) is 0 Å². The first-order valence-electron chi connectivity index (χ1n) is 7.39. The maximum Gasteiger partial charge on any atom is 0.192 e. The molecule has 2 aromatic carbocycles. The van der Waals surface area contributed by atoms with E-state index in [0.717, 1.165) is 5.56 Å². The van der Waals surface area contributed by atoms with Gasteiger partial charge in [0.15, 0.2) is 5.78 Å². The molecule has 1 unspecified atom stereocenters. The van der Waals surface area contributed by atoms with Crippen LogP contribution in [0.2, 0.25) is 0 Å². The normalized spacial score (nSPS) is 17.2. The highest BCUT2D eigenvalue weighted by Gasteiger charge is 2.18. The minimum absolute atomic E-state index is 0.00655. The van der Waals surface area contributed by atoms with Crippen molar-refractivity contribution in [1.29, 1.82) is 0 Å². The van der Waals surface area contributed by atoms with Gasteiger partial charge in [0, 0.05) is 17.1 Å². The van der Waals surface area contributed by atoms with Gasteiger partial charge in [0.25, 0.3) is 0 Å². The Labute approximate surface area is 129 Å². The van der Waals surface area contributed by atoms with Gasteiger partial charge in [-0.05, 0) is 30.5 Å². The monoisotopic (exact) mass is 292 g/mol. The van der Waals surface area contributed by atoms with Crippen LogP contribution < -0.4 is 0 Å². The van der Waals surface area contributed by atoms with Crippen LogP contribution in [0.1, 0.15) is 33.8 Å². The van der Waals surface area contributed by atoms with Crippen molar-refractivity contribution in [3.05, 3.63) is 94.8 Å². The Balaban J connectivity index is 1.78. The second-order valence-corrected chi connectivity index (χ2v) is 5.58. The molecule has 0 radical (unpaired) electrons. The molecule has 0 N–H and O–H groups in total. The number of hydrogen-bond acceptors (Lipinski definition) is 1. The van der Waals surface area contributed by atoms with Crippen molar-refractivity contribution < 1.29 is 9.18 Å². The van der Waals surface area contributed by atoms with Gasteiger partial charge in [-0.1, -0.05) is 60.7 Å². The molecule has 0 fully saturated rings. The Morgan fingerprint density at radius 2 is 1.91 bits per heavy atom. The van der Waals surface area contributed by atoms with Gasteiger partial charge in [-0.3, -0.25) is 4.79 Å². The first-order chi connectivity index (χ1) is 10.6. The van der Waals surface area contributed by atoms with E-state index >= 15 is 0 Å². The fourth-order valence-corrected chi connectivity index (χ4v) is 2.71. The first-order valence-corrected chi connectivity index (χ1v) is 7.39. The lowest BCUT2D eigenvalue weighted by atomic mass is 9.87. The van der Waals surface area contributed by atoms with Crippen LogP contribution in [-0.2, 0) is 0 Å². The number of hydrogen-bond donors (Lipinski definition) is 0. The zero-order chi connectivity index (χ0) is 15.5. The predicted octanol–water partition coefficient (Wildman–Crippen LogP) is 4.99. The summed E-state index contributed by atoms with van der Waals surface area (Å²) >= 11 is 0. The van der Waals surface area contributed by atoms with Crippen LogP contribution >= 0.6 is 0 Å². The van der Waals surface area contributed by atoms with Crippen LogP contribution in [-0.4, -0.2) is 5.78 Å². The predicted molar refractivity (Wildman–Crippen MR) is 86.5 cm³/mol. The summed E-state index contributed by atoms with van der Waals surface area (Å²) in [7, 11) is 0. The van der Waals surface area contributed by atoms with E-state index in [9.17, 15) is 9.18 Å². The zero-order valence-electron chi connectivity index (χ0n) is 12.4. The van der Waals surface area contributed by atoms with Gasteiger partial charge in [0.2, 0.25) is 0 Å². The average molecular weight is 292 g/mol. The lowest BCUT2D eigenvalue weighted by Crippen LogP contribution is -2.07. The van der Waals surface area contributed by atoms with Gasteiger partial charge in [0.1, 0.15) is 5.82 Å². The number of carbonyl (C=O) groups is 1. The van der Waals surface area contributed by atoms with Crippen LogP contribution in [0.3, 0.4) is 0 Å². The molecule has 1 aliphatic carbocycles. The number of rotatable bonds is 3. The van der Waals surface area contributed by atoms with Crippen molar-refractivity contribution in [1.82, 2.24) is 0 Å². The molecule has 0 saturated heterocycles. The molecular formula is C20H17FO. The second kappa shape index (κ2) is 6.10. The number of aryl methyl sites for hydroxylation is 1. The lowest BCUT2D eigenvalue weighted by molar-refractivity contribution is 0.103. The van der Waals surface area contributed by atoms with Gasteiger partial charge in [-0.15, -0.1) is 0 Å². The van der Waals surface area contributed by atoms with E-state index in [1.807, 2.05) is 67.6 Å². The fraction of sp³-hybridized carbons (Fsp3) is 0.150. The molecule has 110 valence electrons. The molecule has 0 amide bonds. The van der Waals surface area contributed by atoms with Crippen molar-refractivity contribution in [2.75, 3.05) is 0 Å². The summed E-state index contributed by atoms with van der Waals surface area (Å²) in [4.78, 5) is 12.4. The average Bonchev–Trinajstić information content (AvgIpc) is 2.55. The van der Waals surface area contributed by atoms with Crippen molar-refractivity contribution >= 4 is 5.78 Å². The Hall–Kier alpha value is -2.48. The van der Waals surface area contributed by atoms with Crippen LogP contribution in [0.15, 0.2) is 72.3 Å². The van der Waals surface area contributed by atoms with E-state index in [1.165, 1.54) is 0 Å². The maximum absolute atomic E-state index is 14.0. The molecule has 0 aliphatic heterocycles. The van der Waals surface area contributed by atoms with Gasteiger partial charge >= 0.3 is 0 Å². The van der Waals surface area contributed by atoms with Gasteiger partial charge in [-0.2, -0.15) is 0 Å². The molecule has 0 saturated carbocycles. The van der Waals surface area contributed by atoms with Crippen molar-refractivity contribution in [3.63, 3.8) is 0 Å². The van der Waals surface area contributed by atoms with Crippen molar-refractivity contribution in [2.45, 2.75) is 19.3 Å². The Bertz CT molecular complexity index is 757. The summed E-state index contributed by atoms with van der Waals surface area (Å²) in [5.41, 5.74) is 2.95. The molecule has 1 nitrogen and oxygen atoms in total. The molecule has 1 atom stereocenters. The summed E-state index contributed by atoms with van der Waals surface area (Å²) in [6.07, 6.45) is 6.27. The van der Waals surface area contributed by atoms with Gasteiger partial charge in [-0.25, -0.2) is 4.39 Å². The maximum atomic E-state index is 14.0. The molecular weight excluding hydrogens is 275 g/mol. The van der Waals surface area contributed by atoms with E-state index in [2.05, 4.69) is 0 Å². The Kier molecular flexibility index (Phi) is 4.01. The van der Waals surface area contributed by atoms with E-state index in [4.69, 9.17) is 0 Å². The second-order valence-electron chi connectivity index (χ2n) is 5.58. The fourth-order valence-electron chi connectivity index (χ4n) is 2.71. The van der Waals surface area contributed by atoms with E-state index in [1.54, 1.807) is 6.07 Å². The number of benzene rings is 2. The third kappa shape index (κ3) is 2.91. The summed E-state index contributed by atoms with van der Waals surface area (Å²) in [6, 6.07) is 14.5. The lowest BCUT2D eigenvalue weighted by Gasteiger charge is -2.17. The number of halogens is 1. The van der Waals surface area contributed by atoms with Crippen LogP contribution in [0, 0.1) is 12.7 Å². The highest BCUT2D eigenvalue weighted by atomic mass is 19.1. The smallest absolute Gasteiger partial charge is 0.192 e. The molecule has 0 bridgehead atoms. The number of Topliss-reactive ketones (excluding diaryl/α,β-unsaturated/α-hetero) is 1. The molecule has 2 aromatic rings. The summed E-state index contributed by atoms with van der Waals surface area (Å²) < 4.78 is 14.0. The molecule has 0 heterocycles. The molecule has 3 rings (SSSR count). The highest BCUT2D eigenvalue weighted by Crippen LogP contribution is 2.30.